The summed E-state index contributed by atoms with van der Waals surface area (Å²) in [5.74, 6) is -0.183. The topological polar surface area (TPSA) is 12.0 Å². The molecule has 2 aromatic carbocycles. The maximum absolute atomic E-state index is 13.0. The lowest BCUT2D eigenvalue weighted by molar-refractivity contribution is 0.583. The fourth-order valence-electron chi connectivity index (χ4n) is 2.95. The molecule has 20 heavy (non-hydrogen) atoms. The van der Waals surface area contributed by atoms with Gasteiger partial charge in [-0.05, 0) is 68.6 Å². The Balaban J connectivity index is 2.31. The van der Waals surface area contributed by atoms with Gasteiger partial charge in [0.2, 0.25) is 0 Å². The van der Waals surface area contributed by atoms with Crippen LogP contribution in [0.15, 0.2) is 36.4 Å². The van der Waals surface area contributed by atoms with Crippen molar-refractivity contribution in [2.45, 2.75) is 33.2 Å². The van der Waals surface area contributed by atoms with Gasteiger partial charge in [0.1, 0.15) is 5.82 Å². The van der Waals surface area contributed by atoms with Gasteiger partial charge in [-0.2, -0.15) is 0 Å². The Morgan fingerprint density at radius 3 is 2.05 bits per heavy atom. The Morgan fingerprint density at radius 1 is 1.00 bits per heavy atom. The van der Waals surface area contributed by atoms with E-state index in [2.05, 4.69) is 38.2 Å². The zero-order valence-corrected chi connectivity index (χ0v) is 12.6. The van der Waals surface area contributed by atoms with E-state index in [9.17, 15) is 4.39 Å². The summed E-state index contributed by atoms with van der Waals surface area (Å²) in [5, 5.41) is 3.39. The Bertz CT molecular complexity index is 564. The molecule has 0 saturated heterocycles. The minimum atomic E-state index is -0.183. The molecule has 0 radical (unpaired) electrons. The van der Waals surface area contributed by atoms with E-state index < -0.39 is 0 Å². The van der Waals surface area contributed by atoms with Crippen molar-refractivity contribution in [1.29, 1.82) is 0 Å². The first-order valence-corrected chi connectivity index (χ1v) is 7.00. The van der Waals surface area contributed by atoms with Gasteiger partial charge in [-0.15, -0.1) is 0 Å². The van der Waals surface area contributed by atoms with Crippen LogP contribution in [0.1, 0.15) is 33.9 Å². The summed E-state index contributed by atoms with van der Waals surface area (Å²) in [4.78, 5) is 0. The molecule has 0 aromatic heterocycles. The molecule has 1 N–H and O–H groups in total. The van der Waals surface area contributed by atoms with E-state index in [0.717, 1.165) is 12.0 Å². The van der Waals surface area contributed by atoms with Crippen molar-refractivity contribution in [2.24, 2.45) is 0 Å². The van der Waals surface area contributed by atoms with E-state index in [1.165, 1.54) is 34.4 Å². The number of hydrogen-bond acceptors (Lipinski definition) is 1. The molecule has 1 nitrogen and oxygen atoms in total. The standard InChI is InChI=1S/C18H22FN/c1-12-9-13(2)18(14(3)10-12)17(20-4)11-15-5-7-16(19)8-6-15/h5-10,17,20H,11H2,1-4H3. The third-order valence-corrected chi connectivity index (χ3v) is 3.79. The Morgan fingerprint density at radius 2 is 1.55 bits per heavy atom. The van der Waals surface area contributed by atoms with Crippen LogP contribution in [0.2, 0.25) is 0 Å². The molecule has 2 rings (SSSR count). The van der Waals surface area contributed by atoms with Crippen LogP contribution < -0.4 is 5.32 Å². The first-order chi connectivity index (χ1) is 9.51. The quantitative estimate of drug-likeness (QED) is 0.876. The summed E-state index contributed by atoms with van der Waals surface area (Å²) in [5.41, 5.74) is 6.40. The van der Waals surface area contributed by atoms with Crippen molar-refractivity contribution in [3.8, 4) is 0 Å². The highest BCUT2D eigenvalue weighted by Gasteiger charge is 2.15. The maximum Gasteiger partial charge on any atom is 0.123 e. The van der Waals surface area contributed by atoms with Crippen molar-refractivity contribution in [3.05, 3.63) is 70.0 Å². The summed E-state index contributed by atoms with van der Waals surface area (Å²) < 4.78 is 13.0. The van der Waals surface area contributed by atoms with Crippen LogP contribution in [-0.2, 0) is 6.42 Å². The van der Waals surface area contributed by atoms with Gasteiger partial charge in [-0.1, -0.05) is 29.8 Å². The largest absolute Gasteiger partial charge is 0.313 e. The number of benzene rings is 2. The van der Waals surface area contributed by atoms with Gasteiger partial charge in [-0.3, -0.25) is 0 Å². The summed E-state index contributed by atoms with van der Waals surface area (Å²) in [7, 11) is 1.98. The summed E-state index contributed by atoms with van der Waals surface area (Å²) >= 11 is 0. The first kappa shape index (κ1) is 14.7. The number of rotatable bonds is 4. The molecule has 0 spiro atoms. The summed E-state index contributed by atoms with van der Waals surface area (Å²) in [6, 6.07) is 11.5. The predicted molar refractivity (Wildman–Crippen MR) is 82.6 cm³/mol. The van der Waals surface area contributed by atoms with E-state index >= 15 is 0 Å². The highest BCUT2D eigenvalue weighted by molar-refractivity contribution is 5.40. The molecule has 0 fully saturated rings. The monoisotopic (exact) mass is 271 g/mol. The average Bonchev–Trinajstić information content (AvgIpc) is 2.38. The Kier molecular flexibility index (Phi) is 4.56. The van der Waals surface area contributed by atoms with Crippen LogP contribution in [0.4, 0.5) is 4.39 Å². The maximum atomic E-state index is 13.0. The van der Waals surface area contributed by atoms with E-state index in [4.69, 9.17) is 0 Å². The van der Waals surface area contributed by atoms with Gasteiger partial charge >= 0.3 is 0 Å². The van der Waals surface area contributed by atoms with Crippen LogP contribution in [0.25, 0.3) is 0 Å². The van der Waals surface area contributed by atoms with Gasteiger partial charge in [0.05, 0.1) is 0 Å². The molecule has 2 aromatic rings. The van der Waals surface area contributed by atoms with Crippen LogP contribution in [0, 0.1) is 26.6 Å². The zero-order valence-electron chi connectivity index (χ0n) is 12.6. The molecular weight excluding hydrogens is 249 g/mol. The van der Waals surface area contributed by atoms with E-state index in [0.29, 0.717) is 0 Å². The summed E-state index contributed by atoms with van der Waals surface area (Å²) in [6.45, 7) is 6.44. The van der Waals surface area contributed by atoms with Crippen molar-refractivity contribution >= 4 is 0 Å². The third kappa shape index (κ3) is 3.26. The average molecular weight is 271 g/mol. The second-order valence-corrected chi connectivity index (χ2v) is 5.48. The second kappa shape index (κ2) is 6.19. The molecule has 0 heterocycles. The number of aryl methyl sites for hydroxylation is 3. The molecular formula is C18H22FN. The molecule has 0 aliphatic heterocycles. The van der Waals surface area contributed by atoms with Gasteiger partial charge in [-0.25, -0.2) is 4.39 Å². The van der Waals surface area contributed by atoms with E-state index in [1.54, 1.807) is 0 Å². The van der Waals surface area contributed by atoms with Gasteiger partial charge in [0.15, 0.2) is 0 Å². The molecule has 0 bridgehead atoms. The van der Waals surface area contributed by atoms with Gasteiger partial charge < -0.3 is 5.32 Å². The molecule has 106 valence electrons. The first-order valence-electron chi connectivity index (χ1n) is 7.00. The lowest BCUT2D eigenvalue weighted by atomic mass is 9.90. The molecule has 1 unspecified atom stereocenters. The molecule has 0 aliphatic carbocycles. The normalized spacial score (nSPS) is 12.4. The molecule has 0 aliphatic rings. The van der Waals surface area contributed by atoms with Crippen LogP contribution in [0.5, 0.6) is 0 Å². The van der Waals surface area contributed by atoms with Crippen LogP contribution in [-0.4, -0.2) is 7.05 Å². The van der Waals surface area contributed by atoms with Crippen molar-refractivity contribution in [2.75, 3.05) is 7.05 Å². The number of likely N-dealkylation sites (N-methyl/N-ethyl adjacent to an activating group) is 1. The van der Waals surface area contributed by atoms with Crippen molar-refractivity contribution < 1.29 is 4.39 Å². The molecule has 0 saturated carbocycles. The van der Waals surface area contributed by atoms with Gasteiger partial charge in [0.25, 0.3) is 0 Å². The second-order valence-electron chi connectivity index (χ2n) is 5.48. The van der Waals surface area contributed by atoms with Crippen molar-refractivity contribution in [1.82, 2.24) is 5.32 Å². The van der Waals surface area contributed by atoms with Crippen LogP contribution >= 0.6 is 0 Å². The number of hydrogen-bond donors (Lipinski definition) is 1. The Hall–Kier alpha value is -1.67. The lowest BCUT2D eigenvalue weighted by Crippen LogP contribution is -2.21. The minimum Gasteiger partial charge on any atom is -0.313 e. The number of halogens is 1. The molecule has 1 atom stereocenters. The highest BCUT2D eigenvalue weighted by atomic mass is 19.1. The van der Waals surface area contributed by atoms with E-state index in [1.807, 2.05) is 19.2 Å². The van der Waals surface area contributed by atoms with E-state index in [-0.39, 0.29) is 11.9 Å². The molecule has 2 heteroatoms. The highest BCUT2D eigenvalue weighted by Crippen LogP contribution is 2.26. The molecule has 0 amide bonds. The minimum absolute atomic E-state index is 0.183. The predicted octanol–water partition coefficient (Wildman–Crippen LogP) is 4.25. The van der Waals surface area contributed by atoms with Gasteiger partial charge in [0, 0.05) is 6.04 Å². The lowest BCUT2D eigenvalue weighted by Gasteiger charge is -2.22. The summed E-state index contributed by atoms with van der Waals surface area (Å²) in [6.07, 6.45) is 0.863. The Labute approximate surface area is 120 Å². The zero-order chi connectivity index (χ0) is 14.7. The van der Waals surface area contributed by atoms with Crippen molar-refractivity contribution in [3.63, 3.8) is 0 Å². The van der Waals surface area contributed by atoms with Crippen LogP contribution in [0.3, 0.4) is 0 Å². The SMILES string of the molecule is CNC(Cc1ccc(F)cc1)c1c(C)cc(C)cc1C. The smallest absolute Gasteiger partial charge is 0.123 e. The fourth-order valence-corrected chi connectivity index (χ4v) is 2.95. The number of nitrogens with one attached hydrogen (secondary N) is 1. The third-order valence-electron chi connectivity index (χ3n) is 3.79. The fraction of sp³-hybridized carbons (Fsp3) is 0.333.